The van der Waals surface area contributed by atoms with Crippen LogP contribution in [0.5, 0.6) is 0 Å². The molecule has 3 atom stereocenters. The van der Waals surface area contributed by atoms with Crippen molar-refractivity contribution in [3.8, 4) is 0 Å². The summed E-state index contributed by atoms with van der Waals surface area (Å²) in [6, 6.07) is 2.50. The summed E-state index contributed by atoms with van der Waals surface area (Å²) in [6.45, 7) is 1.70. The van der Waals surface area contributed by atoms with E-state index < -0.39 is 41.7 Å². The van der Waals surface area contributed by atoms with Crippen LogP contribution in [0.3, 0.4) is 0 Å². The van der Waals surface area contributed by atoms with Crippen LogP contribution in [-0.4, -0.2) is 27.8 Å². The number of hydrogen-bond donors (Lipinski definition) is 3. The van der Waals surface area contributed by atoms with Crippen molar-refractivity contribution in [2.45, 2.75) is 44.2 Å². The molecule has 30 heavy (non-hydrogen) atoms. The summed E-state index contributed by atoms with van der Waals surface area (Å²) >= 11 is 0. The minimum atomic E-state index is -4.80. The fourth-order valence-electron chi connectivity index (χ4n) is 3.15. The Bertz CT molecular complexity index is 923. The summed E-state index contributed by atoms with van der Waals surface area (Å²) in [5.74, 6) is -2.07. The predicted molar refractivity (Wildman–Crippen MR) is 97.0 cm³/mol. The van der Waals surface area contributed by atoms with Gasteiger partial charge in [-0.15, -0.1) is 0 Å². The van der Waals surface area contributed by atoms with E-state index in [1.807, 2.05) is 0 Å². The molecule has 0 radical (unpaired) electrons. The second-order valence-electron chi connectivity index (χ2n) is 6.74. The largest absolute Gasteiger partial charge is 0.419 e. The molecule has 2 heterocycles. The van der Waals surface area contributed by atoms with Crippen LogP contribution in [0.4, 0.5) is 17.6 Å². The number of carbonyl (C=O) groups excluding carboxylic acids is 2. The Kier molecular flexibility index (Phi) is 6.30. The van der Waals surface area contributed by atoms with Crippen molar-refractivity contribution in [2.24, 2.45) is 0 Å². The highest BCUT2D eigenvalue weighted by Gasteiger charge is 2.35. The molecule has 0 spiro atoms. The number of alkyl halides is 3. The predicted octanol–water partition coefficient (Wildman–Crippen LogP) is 2.38. The van der Waals surface area contributed by atoms with E-state index in [0.29, 0.717) is 12.5 Å². The third-order valence-corrected chi connectivity index (χ3v) is 4.65. The highest BCUT2D eigenvalue weighted by Crippen LogP contribution is 2.32. The minimum absolute atomic E-state index is 0.146. The van der Waals surface area contributed by atoms with Crippen LogP contribution in [0, 0.1) is 5.82 Å². The van der Waals surface area contributed by atoms with Crippen LogP contribution < -0.4 is 16.0 Å². The number of hydrogen-bond acceptors (Lipinski definition) is 5. The van der Waals surface area contributed by atoms with Gasteiger partial charge in [0.05, 0.1) is 24.1 Å². The summed E-state index contributed by atoms with van der Waals surface area (Å²) in [5.41, 5.74) is -1.18. The number of halogens is 4. The maximum atomic E-state index is 13.9. The standard InChI is InChI=1S/C19H19F4N5O2/c1-2-13(10-4-5-11(12(20)8-10)19(21,22)23)27-18(30)14-9-15(29)28-17(26-14)16-24-6-3-7-25-16/h3-8,13-14,17,26H,2,9H2,1H3,(H,27,30)(H,28,29)/t13-,14?,17?/m1/s1. The maximum absolute atomic E-state index is 13.9. The first-order valence-corrected chi connectivity index (χ1v) is 9.18. The van der Waals surface area contributed by atoms with E-state index in [2.05, 4.69) is 25.9 Å². The first-order chi connectivity index (χ1) is 14.2. The zero-order valence-corrected chi connectivity index (χ0v) is 15.8. The van der Waals surface area contributed by atoms with Gasteiger partial charge in [0.25, 0.3) is 0 Å². The Morgan fingerprint density at radius 2 is 2.00 bits per heavy atom. The highest BCUT2D eigenvalue weighted by molar-refractivity contribution is 5.89. The van der Waals surface area contributed by atoms with Crippen molar-refractivity contribution >= 4 is 11.8 Å². The molecule has 11 heteroatoms. The molecule has 1 aliphatic rings. The summed E-state index contributed by atoms with van der Waals surface area (Å²) in [4.78, 5) is 32.8. The number of rotatable bonds is 5. The van der Waals surface area contributed by atoms with Crippen molar-refractivity contribution in [1.82, 2.24) is 25.9 Å². The lowest BCUT2D eigenvalue weighted by atomic mass is 10.0. The zero-order chi connectivity index (χ0) is 21.9. The van der Waals surface area contributed by atoms with E-state index in [9.17, 15) is 27.2 Å². The van der Waals surface area contributed by atoms with E-state index in [0.717, 1.165) is 12.1 Å². The zero-order valence-electron chi connectivity index (χ0n) is 15.8. The number of carbonyl (C=O) groups is 2. The molecule has 1 aromatic carbocycles. The van der Waals surface area contributed by atoms with Crippen LogP contribution in [0.2, 0.25) is 0 Å². The summed E-state index contributed by atoms with van der Waals surface area (Å²) in [5, 5.41) is 8.22. The van der Waals surface area contributed by atoms with Gasteiger partial charge in [0.15, 0.2) is 5.82 Å². The minimum Gasteiger partial charge on any atom is -0.348 e. The molecule has 160 valence electrons. The molecule has 7 nitrogen and oxygen atoms in total. The Morgan fingerprint density at radius 3 is 2.60 bits per heavy atom. The second kappa shape index (κ2) is 8.74. The van der Waals surface area contributed by atoms with Gasteiger partial charge in [0, 0.05) is 12.4 Å². The summed E-state index contributed by atoms with van der Waals surface area (Å²) in [7, 11) is 0. The van der Waals surface area contributed by atoms with Gasteiger partial charge in [-0.05, 0) is 30.2 Å². The number of nitrogens with zero attached hydrogens (tertiary/aromatic N) is 2. The van der Waals surface area contributed by atoms with Crippen LogP contribution in [-0.2, 0) is 15.8 Å². The van der Waals surface area contributed by atoms with Crippen LogP contribution in [0.1, 0.15) is 48.9 Å². The van der Waals surface area contributed by atoms with Crippen molar-refractivity contribution < 1.29 is 27.2 Å². The normalized spacial score (nSPS) is 20.4. The van der Waals surface area contributed by atoms with Gasteiger partial charge in [0.1, 0.15) is 12.0 Å². The van der Waals surface area contributed by atoms with Gasteiger partial charge in [-0.1, -0.05) is 13.0 Å². The molecule has 0 saturated carbocycles. The van der Waals surface area contributed by atoms with Crippen molar-refractivity contribution in [1.29, 1.82) is 0 Å². The molecule has 2 unspecified atom stereocenters. The average molecular weight is 425 g/mol. The number of amides is 2. The van der Waals surface area contributed by atoms with E-state index in [-0.39, 0.29) is 23.7 Å². The van der Waals surface area contributed by atoms with Crippen LogP contribution >= 0.6 is 0 Å². The Balaban J connectivity index is 1.73. The van der Waals surface area contributed by atoms with Crippen molar-refractivity contribution in [3.05, 3.63) is 59.4 Å². The summed E-state index contributed by atoms with van der Waals surface area (Å²) < 4.78 is 52.2. The lowest BCUT2D eigenvalue weighted by molar-refractivity contribution is -0.140. The molecule has 0 bridgehead atoms. The fourth-order valence-corrected chi connectivity index (χ4v) is 3.15. The van der Waals surface area contributed by atoms with Crippen LogP contribution in [0.25, 0.3) is 0 Å². The monoisotopic (exact) mass is 425 g/mol. The Hall–Kier alpha value is -3.08. The second-order valence-corrected chi connectivity index (χ2v) is 6.74. The smallest absolute Gasteiger partial charge is 0.348 e. The molecule has 1 aliphatic heterocycles. The quantitative estimate of drug-likeness (QED) is 0.640. The van der Waals surface area contributed by atoms with Gasteiger partial charge >= 0.3 is 6.18 Å². The van der Waals surface area contributed by atoms with Crippen molar-refractivity contribution in [2.75, 3.05) is 0 Å². The molecular formula is C19H19F4N5O2. The number of aromatic nitrogens is 2. The molecule has 3 rings (SSSR count). The fraction of sp³-hybridized carbons (Fsp3) is 0.368. The lowest BCUT2D eigenvalue weighted by Gasteiger charge is -2.31. The molecule has 3 N–H and O–H groups in total. The average Bonchev–Trinajstić information content (AvgIpc) is 2.71. The topological polar surface area (TPSA) is 96.0 Å². The third-order valence-electron chi connectivity index (χ3n) is 4.65. The molecular weight excluding hydrogens is 406 g/mol. The first kappa shape index (κ1) is 21.6. The van der Waals surface area contributed by atoms with Gasteiger partial charge in [-0.3, -0.25) is 14.9 Å². The van der Waals surface area contributed by atoms with Crippen LogP contribution in [0.15, 0.2) is 36.7 Å². The molecule has 2 aromatic rings. The van der Waals surface area contributed by atoms with E-state index in [1.165, 1.54) is 12.4 Å². The Morgan fingerprint density at radius 1 is 1.30 bits per heavy atom. The molecule has 2 amide bonds. The number of benzene rings is 1. The lowest BCUT2D eigenvalue weighted by Crippen LogP contribution is -2.57. The highest BCUT2D eigenvalue weighted by atomic mass is 19.4. The molecule has 1 saturated heterocycles. The Labute approximate surface area is 169 Å². The molecule has 0 aliphatic carbocycles. The third kappa shape index (κ3) is 4.90. The number of nitrogens with one attached hydrogen (secondary N) is 3. The summed E-state index contributed by atoms with van der Waals surface area (Å²) in [6.07, 6.45) is -2.43. The van der Waals surface area contributed by atoms with Gasteiger partial charge < -0.3 is 10.6 Å². The molecule has 1 aromatic heterocycles. The van der Waals surface area contributed by atoms with Gasteiger partial charge in [-0.2, -0.15) is 13.2 Å². The van der Waals surface area contributed by atoms with E-state index >= 15 is 0 Å². The molecule has 1 fully saturated rings. The SMILES string of the molecule is CC[C@@H](NC(=O)C1CC(=O)NC(c2ncccn2)N1)c1ccc(C(F)(F)F)c(F)c1. The van der Waals surface area contributed by atoms with E-state index in [4.69, 9.17) is 0 Å². The maximum Gasteiger partial charge on any atom is 0.419 e. The first-order valence-electron chi connectivity index (χ1n) is 9.18. The van der Waals surface area contributed by atoms with Gasteiger partial charge in [-0.25, -0.2) is 14.4 Å². The van der Waals surface area contributed by atoms with Gasteiger partial charge in [0.2, 0.25) is 11.8 Å². The van der Waals surface area contributed by atoms with Crippen molar-refractivity contribution in [3.63, 3.8) is 0 Å². The van der Waals surface area contributed by atoms with E-state index in [1.54, 1.807) is 13.0 Å².